The van der Waals surface area contributed by atoms with Gasteiger partial charge in [-0.3, -0.25) is 0 Å². The third kappa shape index (κ3) is 4.23. The molecule has 1 aromatic heterocycles. The molecule has 24 heavy (non-hydrogen) atoms. The van der Waals surface area contributed by atoms with Gasteiger partial charge in [0.2, 0.25) is 17.2 Å². The van der Waals surface area contributed by atoms with Crippen molar-refractivity contribution in [3.63, 3.8) is 0 Å². The van der Waals surface area contributed by atoms with Crippen LogP contribution in [0.3, 0.4) is 0 Å². The summed E-state index contributed by atoms with van der Waals surface area (Å²) in [5.41, 5.74) is 2.80. The van der Waals surface area contributed by atoms with Crippen molar-refractivity contribution in [2.45, 2.75) is 6.92 Å². The number of hydrogen-bond acceptors (Lipinski definition) is 5. The van der Waals surface area contributed by atoms with Gasteiger partial charge in [-0.25, -0.2) is 0 Å². The molecular formula is C16H12Br2ClN5. The van der Waals surface area contributed by atoms with Crippen LogP contribution in [0.15, 0.2) is 51.4 Å². The van der Waals surface area contributed by atoms with Crippen LogP contribution >= 0.6 is 43.5 Å². The van der Waals surface area contributed by atoms with E-state index in [-0.39, 0.29) is 5.28 Å². The Balaban J connectivity index is 1.89. The molecule has 2 N–H and O–H groups in total. The molecule has 0 bridgehead atoms. The summed E-state index contributed by atoms with van der Waals surface area (Å²) in [4.78, 5) is 12.6. The third-order valence-corrected chi connectivity index (χ3v) is 4.48. The summed E-state index contributed by atoms with van der Waals surface area (Å²) in [6.45, 7) is 2.01. The number of para-hydroxylation sites is 1. The molecule has 0 atom stereocenters. The van der Waals surface area contributed by atoms with Gasteiger partial charge in [0.1, 0.15) is 0 Å². The SMILES string of the molecule is Cc1cc(Br)c(Nc2nc(Cl)nc(Nc3ccccc3)n2)c(Br)c1. The Morgan fingerprint density at radius 3 is 2.08 bits per heavy atom. The van der Waals surface area contributed by atoms with Crippen LogP contribution in [0, 0.1) is 6.92 Å². The Bertz CT molecular complexity index is 851. The van der Waals surface area contributed by atoms with Crippen molar-refractivity contribution in [3.8, 4) is 0 Å². The Morgan fingerprint density at radius 1 is 0.875 bits per heavy atom. The van der Waals surface area contributed by atoms with E-state index in [2.05, 4.69) is 57.4 Å². The first-order chi connectivity index (χ1) is 11.5. The van der Waals surface area contributed by atoms with Crippen LogP contribution in [-0.2, 0) is 0 Å². The first-order valence-corrected chi connectivity index (χ1v) is 8.94. The molecule has 0 fully saturated rings. The fourth-order valence-corrected chi connectivity index (χ4v) is 3.82. The molecule has 8 heteroatoms. The Labute approximate surface area is 161 Å². The number of hydrogen-bond donors (Lipinski definition) is 2. The molecule has 0 radical (unpaired) electrons. The van der Waals surface area contributed by atoms with Gasteiger partial charge in [-0.2, -0.15) is 15.0 Å². The second-order valence-electron chi connectivity index (χ2n) is 4.97. The average Bonchev–Trinajstić information content (AvgIpc) is 2.51. The zero-order valence-electron chi connectivity index (χ0n) is 12.5. The van der Waals surface area contributed by atoms with Crippen LogP contribution in [-0.4, -0.2) is 15.0 Å². The fourth-order valence-electron chi connectivity index (χ4n) is 2.04. The maximum atomic E-state index is 6.02. The molecule has 0 amide bonds. The molecule has 3 aromatic rings. The van der Waals surface area contributed by atoms with E-state index in [0.29, 0.717) is 11.9 Å². The molecule has 0 spiro atoms. The van der Waals surface area contributed by atoms with Crippen molar-refractivity contribution in [1.29, 1.82) is 0 Å². The summed E-state index contributed by atoms with van der Waals surface area (Å²) in [5, 5.41) is 6.36. The van der Waals surface area contributed by atoms with Gasteiger partial charge in [0, 0.05) is 14.6 Å². The van der Waals surface area contributed by atoms with Crippen molar-refractivity contribution >= 4 is 66.7 Å². The molecular weight excluding hydrogens is 457 g/mol. The Hall–Kier alpha value is -1.70. The Morgan fingerprint density at radius 2 is 1.46 bits per heavy atom. The number of halogens is 3. The molecule has 3 rings (SSSR count). The number of nitrogens with zero attached hydrogens (tertiary/aromatic N) is 3. The molecule has 0 saturated heterocycles. The lowest BCUT2D eigenvalue weighted by molar-refractivity contribution is 1.06. The summed E-state index contributed by atoms with van der Waals surface area (Å²) in [7, 11) is 0. The fraction of sp³-hybridized carbons (Fsp3) is 0.0625. The lowest BCUT2D eigenvalue weighted by Crippen LogP contribution is -2.04. The zero-order chi connectivity index (χ0) is 17.1. The standard InChI is InChI=1S/C16H12Br2ClN5/c1-9-7-11(17)13(12(18)8-9)21-16-23-14(19)22-15(24-16)20-10-5-3-2-4-6-10/h2-8H,1H3,(H2,20,21,22,23,24). The van der Waals surface area contributed by atoms with Gasteiger partial charge in [-0.05, 0) is 80.2 Å². The van der Waals surface area contributed by atoms with E-state index in [1.54, 1.807) is 0 Å². The zero-order valence-corrected chi connectivity index (χ0v) is 16.4. The van der Waals surface area contributed by atoms with E-state index < -0.39 is 0 Å². The highest BCUT2D eigenvalue weighted by Gasteiger charge is 2.11. The maximum absolute atomic E-state index is 6.02. The summed E-state index contributed by atoms with van der Waals surface area (Å²) >= 11 is 13.1. The van der Waals surface area contributed by atoms with E-state index in [1.165, 1.54) is 0 Å². The highest BCUT2D eigenvalue weighted by Crippen LogP contribution is 2.34. The molecule has 1 heterocycles. The van der Waals surface area contributed by atoms with Gasteiger partial charge in [0.15, 0.2) is 0 Å². The smallest absolute Gasteiger partial charge is 0.233 e. The van der Waals surface area contributed by atoms with Crippen molar-refractivity contribution in [2.75, 3.05) is 10.6 Å². The van der Waals surface area contributed by atoms with Crippen LogP contribution in [0.5, 0.6) is 0 Å². The minimum atomic E-state index is 0.102. The molecule has 0 unspecified atom stereocenters. The predicted octanol–water partition coefficient (Wildman–Crippen LogP) is 5.85. The number of nitrogens with one attached hydrogen (secondary N) is 2. The number of anilines is 4. The minimum Gasteiger partial charge on any atom is -0.324 e. The second kappa shape index (κ2) is 7.46. The number of benzene rings is 2. The van der Waals surface area contributed by atoms with Gasteiger partial charge in [0.25, 0.3) is 0 Å². The molecule has 2 aromatic carbocycles. The molecule has 0 aliphatic heterocycles. The quantitative estimate of drug-likeness (QED) is 0.502. The van der Waals surface area contributed by atoms with Gasteiger partial charge in [0.05, 0.1) is 5.69 Å². The lowest BCUT2D eigenvalue weighted by Gasteiger charge is -2.12. The molecule has 5 nitrogen and oxygen atoms in total. The van der Waals surface area contributed by atoms with E-state index in [9.17, 15) is 0 Å². The molecule has 122 valence electrons. The largest absolute Gasteiger partial charge is 0.324 e. The van der Waals surface area contributed by atoms with Crippen molar-refractivity contribution in [3.05, 3.63) is 62.3 Å². The summed E-state index contributed by atoms with van der Waals surface area (Å²) in [6.07, 6.45) is 0. The van der Waals surface area contributed by atoms with Gasteiger partial charge in [-0.15, -0.1) is 0 Å². The molecule has 0 aliphatic carbocycles. The highest BCUT2D eigenvalue weighted by atomic mass is 79.9. The minimum absolute atomic E-state index is 0.102. The van der Waals surface area contributed by atoms with Gasteiger partial charge < -0.3 is 10.6 Å². The number of aromatic nitrogens is 3. The average molecular weight is 470 g/mol. The summed E-state index contributed by atoms with van der Waals surface area (Å²) < 4.78 is 1.78. The van der Waals surface area contributed by atoms with Gasteiger partial charge in [-0.1, -0.05) is 18.2 Å². The van der Waals surface area contributed by atoms with E-state index in [0.717, 1.165) is 25.9 Å². The maximum Gasteiger partial charge on any atom is 0.233 e. The second-order valence-corrected chi connectivity index (χ2v) is 7.02. The van der Waals surface area contributed by atoms with Crippen LogP contribution in [0.25, 0.3) is 0 Å². The van der Waals surface area contributed by atoms with E-state index in [4.69, 9.17) is 11.6 Å². The van der Waals surface area contributed by atoms with Crippen molar-refractivity contribution < 1.29 is 0 Å². The van der Waals surface area contributed by atoms with Crippen molar-refractivity contribution in [2.24, 2.45) is 0 Å². The monoisotopic (exact) mass is 467 g/mol. The summed E-state index contributed by atoms with van der Waals surface area (Å²) in [6, 6.07) is 13.6. The molecule has 0 saturated carbocycles. The Kier molecular flexibility index (Phi) is 5.33. The van der Waals surface area contributed by atoms with Gasteiger partial charge >= 0.3 is 0 Å². The predicted molar refractivity (Wildman–Crippen MR) is 104 cm³/mol. The van der Waals surface area contributed by atoms with Crippen LogP contribution in [0.1, 0.15) is 5.56 Å². The number of aryl methyl sites for hydroxylation is 1. The highest BCUT2D eigenvalue weighted by molar-refractivity contribution is 9.11. The first kappa shape index (κ1) is 17.1. The van der Waals surface area contributed by atoms with E-state index >= 15 is 0 Å². The topological polar surface area (TPSA) is 62.7 Å². The van der Waals surface area contributed by atoms with E-state index in [1.807, 2.05) is 49.4 Å². The normalized spacial score (nSPS) is 10.5. The third-order valence-electron chi connectivity index (χ3n) is 3.06. The number of rotatable bonds is 4. The molecule has 0 aliphatic rings. The summed E-state index contributed by atoms with van der Waals surface area (Å²) in [5.74, 6) is 0.710. The van der Waals surface area contributed by atoms with Crippen LogP contribution in [0.4, 0.5) is 23.3 Å². The van der Waals surface area contributed by atoms with Crippen LogP contribution in [0.2, 0.25) is 5.28 Å². The lowest BCUT2D eigenvalue weighted by atomic mass is 10.2. The van der Waals surface area contributed by atoms with Crippen molar-refractivity contribution in [1.82, 2.24) is 15.0 Å². The first-order valence-electron chi connectivity index (χ1n) is 6.97. The van der Waals surface area contributed by atoms with Crippen LogP contribution < -0.4 is 10.6 Å².